The van der Waals surface area contributed by atoms with Crippen molar-refractivity contribution in [3.05, 3.63) is 59.9 Å². The zero-order valence-corrected chi connectivity index (χ0v) is 12.6. The molecule has 4 nitrogen and oxygen atoms in total. The first-order valence-electron chi connectivity index (χ1n) is 7.28. The Kier molecular flexibility index (Phi) is 5.17. The molecule has 0 bridgehead atoms. The fourth-order valence-electron chi connectivity index (χ4n) is 2.16. The number of amides is 1. The largest absolute Gasteiger partial charge is 0.350 e. The van der Waals surface area contributed by atoms with E-state index in [-0.39, 0.29) is 11.9 Å². The molecule has 0 aliphatic rings. The van der Waals surface area contributed by atoms with Crippen LogP contribution in [0, 0.1) is 5.92 Å². The second-order valence-corrected chi connectivity index (χ2v) is 5.65. The van der Waals surface area contributed by atoms with Crippen molar-refractivity contribution in [1.82, 2.24) is 9.88 Å². The summed E-state index contributed by atoms with van der Waals surface area (Å²) >= 11 is 0. The van der Waals surface area contributed by atoms with Gasteiger partial charge in [-0.25, -0.2) is 0 Å². The summed E-state index contributed by atoms with van der Waals surface area (Å²) in [6.45, 7) is 5.06. The van der Waals surface area contributed by atoms with Crippen LogP contribution in [0.2, 0.25) is 0 Å². The van der Waals surface area contributed by atoms with Gasteiger partial charge < -0.3 is 15.6 Å². The van der Waals surface area contributed by atoms with E-state index in [4.69, 9.17) is 5.73 Å². The van der Waals surface area contributed by atoms with Crippen molar-refractivity contribution < 1.29 is 4.79 Å². The maximum Gasteiger partial charge on any atom is 0.240 e. The molecule has 1 unspecified atom stereocenters. The molecule has 2 rings (SSSR count). The molecule has 21 heavy (non-hydrogen) atoms. The molecule has 112 valence electrons. The molecule has 0 spiro atoms. The van der Waals surface area contributed by atoms with E-state index in [0.717, 1.165) is 11.1 Å². The Morgan fingerprint density at radius 1 is 1.24 bits per heavy atom. The van der Waals surface area contributed by atoms with Crippen LogP contribution in [0.15, 0.2) is 48.8 Å². The van der Waals surface area contributed by atoms with Gasteiger partial charge >= 0.3 is 0 Å². The van der Waals surface area contributed by atoms with Gasteiger partial charge in [0, 0.05) is 25.0 Å². The number of hydrogen-bond acceptors (Lipinski definition) is 2. The van der Waals surface area contributed by atoms with Crippen LogP contribution >= 0.6 is 0 Å². The maximum atomic E-state index is 11.9. The highest BCUT2D eigenvalue weighted by Crippen LogP contribution is 2.18. The van der Waals surface area contributed by atoms with Crippen molar-refractivity contribution >= 4 is 5.91 Å². The molecular weight excluding hydrogens is 262 g/mol. The Bertz CT molecular complexity index is 575. The van der Waals surface area contributed by atoms with Crippen LogP contribution < -0.4 is 11.1 Å². The molecule has 3 N–H and O–H groups in total. The second-order valence-electron chi connectivity index (χ2n) is 5.65. The molecule has 0 saturated heterocycles. The third-order valence-corrected chi connectivity index (χ3v) is 3.54. The number of benzene rings is 1. The van der Waals surface area contributed by atoms with E-state index < -0.39 is 0 Å². The molecule has 0 radical (unpaired) electrons. The second kappa shape index (κ2) is 7.09. The van der Waals surface area contributed by atoms with Gasteiger partial charge in [-0.15, -0.1) is 0 Å². The van der Waals surface area contributed by atoms with E-state index in [1.807, 2.05) is 53.4 Å². The Morgan fingerprint density at radius 3 is 2.62 bits per heavy atom. The summed E-state index contributed by atoms with van der Waals surface area (Å²) in [5.74, 6) is 0.381. The van der Waals surface area contributed by atoms with Gasteiger partial charge in [-0.2, -0.15) is 0 Å². The fraction of sp³-hybridized carbons (Fsp3) is 0.353. The minimum Gasteiger partial charge on any atom is -0.350 e. The zero-order chi connectivity index (χ0) is 15.2. The van der Waals surface area contributed by atoms with Gasteiger partial charge in [-0.3, -0.25) is 4.79 Å². The Hall–Kier alpha value is -2.07. The number of nitrogens with one attached hydrogen (secondary N) is 1. The third-order valence-electron chi connectivity index (χ3n) is 3.54. The Balaban J connectivity index is 1.85. The quantitative estimate of drug-likeness (QED) is 0.856. The summed E-state index contributed by atoms with van der Waals surface area (Å²) in [5, 5.41) is 2.92. The number of aromatic nitrogens is 1. The summed E-state index contributed by atoms with van der Waals surface area (Å²) in [7, 11) is 0. The molecule has 1 amide bonds. The molecule has 4 heteroatoms. The molecule has 0 fully saturated rings. The van der Waals surface area contributed by atoms with Gasteiger partial charge in [-0.1, -0.05) is 44.2 Å². The first-order valence-corrected chi connectivity index (χ1v) is 7.28. The van der Waals surface area contributed by atoms with Crippen LogP contribution in [-0.2, 0) is 17.9 Å². The molecule has 2 aromatic rings. The lowest BCUT2D eigenvalue weighted by Gasteiger charge is -2.13. The summed E-state index contributed by atoms with van der Waals surface area (Å²) < 4.78 is 1.87. The van der Waals surface area contributed by atoms with E-state index in [1.165, 1.54) is 0 Å². The van der Waals surface area contributed by atoms with Crippen LogP contribution in [-0.4, -0.2) is 10.5 Å². The van der Waals surface area contributed by atoms with Crippen LogP contribution in [0.5, 0.6) is 0 Å². The van der Waals surface area contributed by atoms with Crippen LogP contribution in [0.4, 0.5) is 0 Å². The molecule has 0 aliphatic carbocycles. The third kappa shape index (κ3) is 4.46. The van der Waals surface area contributed by atoms with Gasteiger partial charge in [0.1, 0.15) is 6.54 Å². The highest BCUT2D eigenvalue weighted by Gasteiger charge is 2.12. The standard InChI is InChI=1S/C17H23N3O/c1-13(2)17(18)15-8-9-20(11-15)12-16(21)19-10-14-6-4-3-5-7-14/h3-9,11,13,17H,10,12,18H2,1-2H3,(H,19,21). The predicted molar refractivity (Wildman–Crippen MR) is 84.5 cm³/mol. The first-order chi connectivity index (χ1) is 10.1. The average molecular weight is 285 g/mol. The molecule has 1 heterocycles. The summed E-state index contributed by atoms with van der Waals surface area (Å²) in [6, 6.07) is 11.9. The number of rotatable bonds is 6. The van der Waals surface area contributed by atoms with Crippen molar-refractivity contribution in [1.29, 1.82) is 0 Å². The van der Waals surface area contributed by atoms with E-state index >= 15 is 0 Å². The van der Waals surface area contributed by atoms with E-state index in [2.05, 4.69) is 19.2 Å². The van der Waals surface area contributed by atoms with Gasteiger partial charge in [0.25, 0.3) is 0 Å². The fourth-order valence-corrected chi connectivity index (χ4v) is 2.16. The van der Waals surface area contributed by atoms with Crippen molar-refractivity contribution in [2.24, 2.45) is 11.7 Å². The van der Waals surface area contributed by atoms with Crippen molar-refractivity contribution in [2.75, 3.05) is 0 Å². The van der Waals surface area contributed by atoms with E-state index in [0.29, 0.717) is 19.0 Å². The molecule has 0 aliphatic heterocycles. The molecule has 1 atom stereocenters. The van der Waals surface area contributed by atoms with Crippen LogP contribution in [0.3, 0.4) is 0 Å². The van der Waals surface area contributed by atoms with Crippen molar-refractivity contribution in [3.8, 4) is 0 Å². The lowest BCUT2D eigenvalue weighted by molar-refractivity contribution is -0.121. The van der Waals surface area contributed by atoms with E-state index in [9.17, 15) is 4.79 Å². The molecule has 1 aromatic heterocycles. The highest BCUT2D eigenvalue weighted by atomic mass is 16.1. The first kappa shape index (κ1) is 15.3. The number of hydrogen-bond donors (Lipinski definition) is 2. The van der Waals surface area contributed by atoms with Gasteiger partial charge in [0.05, 0.1) is 0 Å². The Labute approximate surface area is 126 Å². The number of carbonyl (C=O) groups is 1. The number of nitrogens with zero attached hydrogens (tertiary/aromatic N) is 1. The maximum absolute atomic E-state index is 11.9. The smallest absolute Gasteiger partial charge is 0.240 e. The number of carbonyl (C=O) groups excluding carboxylic acids is 1. The average Bonchev–Trinajstić information content (AvgIpc) is 2.93. The minimum absolute atomic E-state index is 0.000813. The van der Waals surface area contributed by atoms with Gasteiger partial charge in [0.2, 0.25) is 5.91 Å². The summed E-state index contributed by atoms with van der Waals surface area (Å²) in [5.41, 5.74) is 8.27. The van der Waals surface area contributed by atoms with Gasteiger partial charge in [-0.05, 0) is 23.1 Å². The summed E-state index contributed by atoms with van der Waals surface area (Å²) in [6.07, 6.45) is 3.85. The predicted octanol–water partition coefficient (Wildman–Crippen LogP) is 2.46. The topological polar surface area (TPSA) is 60.0 Å². The van der Waals surface area contributed by atoms with E-state index in [1.54, 1.807) is 0 Å². The van der Waals surface area contributed by atoms with Crippen molar-refractivity contribution in [2.45, 2.75) is 33.0 Å². The normalized spacial score (nSPS) is 12.4. The molecular formula is C17H23N3O. The number of nitrogens with two attached hydrogens (primary N) is 1. The highest BCUT2D eigenvalue weighted by molar-refractivity contribution is 5.75. The molecule has 0 saturated carbocycles. The minimum atomic E-state index is -0.000813. The van der Waals surface area contributed by atoms with Crippen LogP contribution in [0.1, 0.15) is 31.0 Å². The lowest BCUT2D eigenvalue weighted by atomic mass is 10.00. The van der Waals surface area contributed by atoms with Crippen LogP contribution in [0.25, 0.3) is 0 Å². The van der Waals surface area contributed by atoms with Crippen molar-refractivity contribution in [3.63, 3.8) is 0 Å². The molecule has 1 aromatic carbocycles. The lowest BCUT2D eigenvalue weighted by Crippen LogP contribution is -2.26. The monoisotopic (exact) mass is 285 g/mol. The Morgan fingerprint density at radius 2 is 1.95 bits per heavy atom. The zero-order valence-electron chi connectivity index (χ0n) is 12.6. The van der Waals surface area contributed by atoms with Gasteiger partial charge in [0.15, 0.2) is 0 Å². The summed E-state index contributed by atoms with van der Waals surface area (Å²) in [4.78, 5) is 11.9. The SMILES string of the molecule is CC(C)C(N)c1ccn(CC(=O)NCc2ccccc2)c1.